The maximum Gasteiger partial charge on any atom is 0.122 e. The first-order chi connectivity index (χ1) is 6.11. The Morgan fingerprint density at radius 1 is 1.38 bits per heavy atom. The molecule has 1 aromatic rings. The predicted molar refractivity (Wildman–Crippen MR) is 58.6 cm³/mol. The van der Waals surface area contributed by atoms with Crippen LogP contribution in [0.5, 0.6) is 0 Å². The van der Waals surface area contributed by atoms with E-state index in [1.165, 1.54) is 5.56 Å². The maximum absolute atomic E-state index is 7.08. The zero-order valence-electron chi connectivity index (χ0n) is 7.97. The predicted octanol–water partition coefficient (Wildman–Crippen LogP) is 2.52. The smallest absolute Gasteiger partial charge is 0.122 e. The summed E-state index contributed by atoms with van der Waals surface area (Å²) in [6.07, 6.45) is 0. The number of nitrogens with one attached hydrogen (secondary N) is 1. The lowest BCUT2D eigenvalue weighted by atomic mass is 10.1. The summed E-state index contributed by atoms with van der Waals surface area (Å²) in [4.78, 5) is 0. The fourth-order valence-electron chi connectivity index (χ4n) is 0.733. The van der Waals surface area contributed by atoms with Crippen LogP contribution in [-0.4, -0.2) is 11.7 Å². The average molecular weight is 199 g/mol. The van der Waals surface area contributed by atoms with Crippen molar-refractivity contribution in [2.45, 2.75) is 13.8 Å². The van der Waals surface area contributed by atoms with Crippen molar-refractivity contribution >= 4 is 17.4 Å². The highest BCUT2D eigenvalue weighted by molar-refractivity contribution is 6.17. The minimum Gasteiger partial charge on any atom is -0.384 e. The first-order valence-corrected chi connectivity index (χ1v) is 4.62. The number of nitrogens with two attached hydrogens (primary N) is 1. The molecule has 0 fully saturated rings. The molecule has 0 aliphatic rings. The van der Waals surface area contributed by atoms with Gasteiger partial charge in [-0.2, -0.15) is 0 Å². The second-order valence-electron chi connectivity index (χ2n) is 2.55. The molecule has 0 unspecified atom stereocenters. The fourth-order valence-corrected chi connectivity index (χ4v) is 0.733. The van der Waals surface area contributed by atoms with E-state index in [1.54, 1.807) is 0 Å². The Balaban J connectivity index is 0.000000424. The van der Waals surface area contributed by atoms with Crippen LogP contribution in [-0.2, 0) is 0 Å². The fraction of sp³-hybridized carbons (Fsp3) is 0.300. The number of aryl methyl sites for hydroxylation is 1. The molecule has 0 amide bonds. The summed E-state index contributed by atoms with van der Waals surface area (Å²) in [6, 6.07) is 7.57. The lowest BCUT2D eigenvalue weighted by molar-refractivity contribution is 1.40. The summed E-state index contributed by atoms with van der Waals surface area (Å²) < 4.78 is 0. The molecule has 0 heterocycles. The van der Waals surface area contributed by atoms with Crippen LogP contribution in [0.15, 0.2) is 24.3 Å². The quantitative estimate of drug-likeness (QED) is 0.407. The minimum absolute atomic E-state index is 0.125. The number of alkyl halides is 1. The van der Waals surface area contributed by atoms with Gasteiger partial charge in [-0.3, -0.25) is 5.41 Å². The molecule has 0 saturated carbocycles. The van der Waals surface area contributed by atoms with E-state index in [4.69, 9.17) is 22.7 Å². The third-order valence-electron chi connectivity index (χ3n) is 1.36. The van der Waals surface area contributed by atoms with Crippen LogP contribution in [0.1, 0.15) is 18.1 Å². The Morgan fingerprint density at radius 3 is 2.08 bits per heavy atom. The van der Waals surface area contributed by atoms with Crippen LogP contribution in [0, 0.1) is 12.3 Å². The molecule has 0 spiro atoms. The summed E-state index contributed by atoms with van der Waals surface area (Å²) in [5.74, 6) is 0.847. The molecule has 0 aromatic heterocycles. The minimum atomic E-state index is 0.125. The summed E-state index contributed by atoms with van der Waals surface area (Å²) in [6.45, 7) is 3.89. The van der Waals surface area contributed by atoms with E-state index in [1.807, 2.05) is 38.1 Å². The number of halogens is 1. The Bertz CT molecular complexity index is 254. The van der Waals surface area contributed by atoms with E-state index >= 15 is 0 Å². The zero-order chi connectivity index (χ0) is 10.3. The molecule has 13 heavy (non-hydrogen) atoms. The lowest BCUT2D eigenvalue weighted by Crippen LogP contribution is -2.10. The molecule has 0 radical (unpaired) electrons. The van der Waals surface area contributed by atoms with Gasteiger partial charge in [0, 0.05) is 11.4 Å². The van der Waals surface area contributed by atoms with E-state index in [9.17, 15) is 0 Å². The molecule has 72 valence electrons. The summed E-state index contributed by atoms with van der Waals surface area (Å²) in [7, 11) is 0. The Kier molecular flexibility index (Phi) is 5.98. The van der Waals surface area contributed by atoms with E-state index in [-0.39, 0.29) is 5.84 Å². The Morgan fingerprint density at radius 2 is 1.77 bits per heavy atom. The Labute approximate surface area is 84.2 Å². The van der Waals surface area contributed by atoms with Crippen molar-refractivity contribution < 1.29 is 0 Å². The van der Waals surface area contributed by atoms with Crippen molar-refractivity contribution in [1.82, 2.24) is 0 Å². The van der Waals surface area contributed by atoms with Crippen molar-refractivity contribution in [3.8, 4) is 0 Å². The first-order valence-electron chi connectivity index (χ1n) is 4.08. The summed E-state index contributed by atoms with van der Waals surface area (Å²) in [5, 5.41) is 7.08. The number of rotatable bonds is 1. The molecular weight excluding hydrogens is 184 g/mol. The van der Waals surface area contributed by atoms with Gasteiger partial charge in [-0.05, 0) is 6.92 Å². The Hall–Kier alpha value is -1.02. The molecule has 3 N–H and O–H groups in total. The molecule has 0 saturated heterocycles. The monoisotopic (exact) mass is 198 g/mol. The highest BCUT2D eigenvalue weighted by Gasteiger charge is 1.92. The van der Waals surface area contributed by atoms with Crippen LogP contribution in [0.4, 0.5) is 0 Å². The van der Waals surface area contributed by atoms with Gasteiger partial charge in [-0.25, -0.2) is 0 Å². The molecular formula is C10H15ClN2. The van der Waals surface area contributed by atoms with Gasteiger partial charge in [0.2, 0.25) is 0 Å². The largest absolute Gasteiger partial charge is 0.384 e. The van der Waals surface area contributed by atoms with Crippen molar-refractivity contribution in [2.24, 2.45) is 5.73 Å². The van der Waals surface area contributed by atoms with Crippen LogP contribution in [0.2, 0.25) is 0 Å². The molecule has 3 heteroatoms. The van der Waals surface area contributed by atoms with Gasteiger partial charge >= 0.3 is 0 Å². The summed E-state index contributed by atoms with van der Waals surface area (Å²) >= 11 is 5.00. The molecule has 0 aliphatic heterocycles. The van der Waals surface area contributed by atoms with Gasteiger partial charge in [0.25, 0.3) is 0 Å². The highest BCUT2D eigenvalue weighted by atomic mass is 35.5. The topological polar surface area (TPSA) is 49.9 Å². The lowest BCUT2D eigenvalue weighted by Gasteiger charge is -1.96. The number of amidine groups is 1. The van der Waals surface area contributed by atoms with Gasteiger partial charge in [-0.1, -0.05) is 36.8 Å². The summed E-state index contributed by atoms with van der Waals surface area (Å²) in [5.41, 5.74) is 7.22. The van der Waals surface area contributed by atoms with Gasteiger partial charge in [0.05, 0.1) is 0 Å². The molecule has 2 nitrogen and oxygen atoms in total. The van der Waals surface area contributed by atoms with Crippen LogP contribution < -0.4 is 5.73 Å². The van der Waals surface area contributed by atoms with Gasteiger partial charge in [0.15, 0.2) is 0 Å². The van der Waals surface area contributed by atoms with Crippen molar-refractivity contribution in [3.63, 3.8) is 0 Å². The third-order valence-corrected chi connectivity index (χ3v) is 1.36. The molecule has 0 aliphatic carbocycles. The van der Waals surface area contributed by atoms with E-state index in [2.05, 4.69) is 0 Å². The van der Waals surface area contributed by atoms with Gasteiger partial charge in [-0.15, -0.1) is 11.6 Å². The second kappa shape index (κ2) is 6.49. The van der Waals surface area contributed by atoms with Crippen molar-refractivity contribution in [1.29, 1.82) is 5.41 Å². The maximum atomic E-state index is 7.08. The first kappa shape index (κ1) is 12.0. The van der Waals surface area contributed by atoms with Crippen LogP contribution in [0.25, 0.3) is 0 Å². The van der Waals surface area contributed by atoms with E-state index < -0.39 is 0 Å². The highest BCUT2D eigenvalue weighted by Crippen LogP contribution is 2.00. The number of nitrogen functional groups attached to an aromatic ring is 1. The van der Waals surface area contributed by atoms with Crippen LogP contribution >= 0.6 is 11.6 Å². The molecule has 0 bridgehead atoms. The number of hydrogen-bond donors (Lipinski definition) is 2. The SMILES string of the molecule is CCCl.Cc1ccc(C(=N)N)cc1. The zero-order valence-corrected chi connectivity index (χ0v) is 8.73. The molecule has 1 aromatic carbocycles. The number of benzene rings is 1. The second-order valence-corrected chi connectivity index (χ2v) is 3.08. The molecule has 1 rings (SSSR count). The van der Waals surface area contributed by atoms with Crippen molar-refractivity contribution in [2.75, 3.05) is 5.88 Å². The van der Waals surface area contributed by atoms with Crippen LogP contribution in [0.3, 0.4) is 0 Å². The van der Waals surface area contributed by atoms with Gasteiger partial charge < -0.3 is 5.73 Å². The normalized spacial score (nSPS) is 8.54. The van der Waals surface area contributed by atoms with Crippen molar-refractivity contribution in [3.05, 3.63) is 35.4 Å². The number of hydrogen-bond acceptors (Lipinski definition) is 1. The van der Waals surface area contributed by atoms with E-state index in [0.29, 0.717) is 0 Å². The van der Waals surface area contributed by atoms with Gasteiger partial charge in [0.1, 0.15) is 5.84 Å². The molecule has 0 atom stereocenters. The standard InChI is InChI=1S/C8H10N2.C2H5Cl/c1-6-2-4-7(5-3-6)8(9)10;1-2-3/h2-5H,1H3,(H3,9,10);2H2,1H3. The third kappa shape index (κ3) is 5.26. The van der Waals surface area contributed by atoms with E-state index in [0.717, 1.165) is 11.4 Å². The average Bonchev–Trinajstić information content (AvgIpc) is 2.06.